The van der Waals surface area contributed by atoms with Crippen LogP contribution in [0, 0.1) is 0 Å². The number of primary amides is 1. The first-order chi connectivity index (χ1) is 8.38. The molecular formula is C11H18BrN5O. The molecule has 0 aliphatic rings. The van der Waals surface area contributed by atoms with E-state index in [-0.39, 0.29) is 0 Å². The number of nitrogens with one attached hydrogen (secondary N) is 2. The summed E-state index contributed by atoms with van der Waals surface area (Å²) in [6, 6.07) is 0. The van der Waals surface area contributed by atoms with E-state index >= 15 is 0 Å². The Morgan fingerprint density at radius 1 is 1.44 bits per heavy atom. The van der Waals surface area contributed by atoms with Crippen LogP contribution in [0.4, 0.5) is 11.6 Å². The van der Waals surface area contributed by atoms with Gasteiger partial charge in [-0.25, -0.2) is 9.97 Å². The zero-order valence-corrected chi connectivity index (χ0v) is 12.3. The number of rotatable bonds is 6. The first-order valence-electron chi connectivity index (χ1n) is 5.71. The Hall–Kier alpha value is -1.37. The molecule has 0 atom stereocenters. The van der Waals surface area contributed by atoms with E-state index in [2.05, 4.69) is 43.5 Å². The van der Waals surface area contributed by atoms with Gasteiger partial charge in [-0.05, 0) is 36.2 Å². The molecule has 1 aromatic rings. The first kappa shape index (κ1) is 14.7. The van der Waals surface area contributed by atoms with Crippen molar-refractivity contribution in [2.45, 2.75) is 32.7 Å². The monoisotopic (exact) mass is 315 g/mol. The Morgan fingerprint density at radius 2 is 2.06 bits per heavy atom. The molecule has 7 heteroatoms. The Bertz CT molecular complexity index is 435. The Kier molecular flexibility index (Phi) is 4.89. The van der Waals surface area contributed by atoms with Gasteiger partial charge in [0.25, 0.3) is 0 Å². The first-order valence-corrected chi connectivity index (χ1v) is 6.50. The lowest BCUT2D eigenvalue weighted by Gasteiger charge is -2.23. The third-order valence-corrected chi connectivity index (χ3v) is 3.13. The molecule has 1 heterocycles. The van der Waals surface area contributed by atoms with Crippen molar-refractivity contribution >= 4 is 33.5 Å². The van der Waals surface area contributed by atoms with Gasteiger partial charge < -0.3 is 16.4 Å². The lowest BCUT2D eigenvalue weighted by molar-refractivity contribution is -0.121. The molecule has 1 amide bonds. The molecule has 0 aliphatic carbocycles. The number of halogens is 1. The predicted octanol–water partition coefficient (Wildman–Crippen LogP) is 1.74. The zero-order valence-electron chi connectivity index (χ0n) is 10.7. The maximum Gasteiger partial charge on any atom is 0.242 e. The standard InChI is InChI=1S/C11H18BrN5O/c1-4-5-14-8-7(12)9(16-6-15-8)17-11(2,3)10(13)18/h6H,4-5H2,1-3H3,(H2,13,18)(H2,14,15,16,17). The van der Waals surface area contributed by atoms with Crippen molar-refractivity contribution in [3.05, 3.63) is 10.8 Å². The van der Waals surface area contributed by atoms with Crippen molar-refractivity contribution in [3.8, 4) is 0 Å². The highest BCUT2D eigenvalue weighted by Crippen LogP contribution is 2.28. The SMILES string of the molecule is CCCNc1ncnc(NC(C)(C)C(N)=O)c1Br. The summed E-state index contributed by atoms with van der Waals surface area (Å²) in [4.78, 5) is 19.5. The van der Waals surface area contributed by atoms with Crippen LogP contribution < -0.4 is 16.4 Å². The molecule has 18 heavy (non-hydrogen) atoms. The summed E-state index contributed by atoms with van der Waals surface area (Å²) in [7, 11) is 0. The molecule has 0 bridgehead atoms. The summed E-state index contributed by atoms with van der Waals surface area (Å²) < 4.78 is 0.688. The third kappa shape index (κ3) is 3.56. The topological polar surface area (TPSA) is 92.9 Å². The summed E-state index contributed by atoms with van der Waals surface area (Å²) in [5, 5.41) is 6.15. The second-order valence-electron chi connectivity index (χ2n) is 4.43. The lowest BCUT2D eigenvalue weighted by atomic mass is 10.1. The largest absolute Gasteiger partial charge is 0.369 e. The van der Waals surface area contributed by atoms with Crippen molar-refractivity contribution in [3.63, 3.8) is 0 Å². The smallest absolute Gasteiger partial charge is 0.242 e. The summed E-state index contributed by atoms with van der Waals surface area (Å²) in [5.74, 6) is 0.776. The minimum Gasteiger partial charge on any atom is -0.369 e. The summed E-state index contributed by atoms with van der Waals surface area (Å²) >= 11 is 3.41. The van der Waals surface area contributed by atoms with E-state index in [1.54, 1.807) is 13.8 Å². The highest BCUT2D eigenvalue weighted by atomic mass is 79.9. The van der Waals surface area contributed by atoms with E-state index in [4.69, 9.17) is 5.73 Å². The van der Waals surface area contributed by atoms with E-state index in [1.807, 2.05) is 0 Å². The van der Waals surface area contributed by atoms with Crippen LogP contribution in [0.3, 0.4) is 0 Å². The van der Waals surface area contributed by atoms with E-state index < -0.39 is 11.4 Å². The molecule has 0 unspecified atom stereocenters. The fourth-order valence-electron chi connectivity index (χ4n) is 1.18. The minimum absolute atomic E-state index is 0.448. The number of aromatic nitrogens is 2. The van der Waals surface area contributed by atoms with Crippen LogP contribution in [0.2, 0.25) is 0 Å². The van der Waals surface area contributed by atoms with Gasteiger partial charge in [-0.1, -0.05) is 6.92 Å². The number of nitrogens with two attached hydrogens (primary N) is 1. The van der Waals surface area contributed by atoms with Crippen LogP contribution in [0.5, 0.6) is 0 Å². The highest BCUT2D eigenvalue weighted by Gasteiger charge is 2.26. The maximum absolute atomic E-state index is 11.3. The van der Waals surface area contributed by atoms with E-state index in [9.17, 15) is 4.79 Å². The van der Waals surface area contributed by atoms with Gasteiger partial charge in [-0.15, -0.1) is 0 Å². The second-order valence-corrected chi connectivity index (χ2v) is 5.22. The van der Waals surface area contributed by atoms with Crippen molar-refractivity contribution in [1.82, 2.24) is 9.97 Å². The number of carbonyl (C=O) groups excluding carboxylic acids is 1. The number of hydrogen-bond acceptors (Lipinski definition) is 5. The van der Waals surface area contributed by atoms with Gasteiger partial charge in [0.15, 0.2) is 0 Å². The summed E-state index contributed by atoms with van der Waals surface area (Å²) in [5.41, 5.74) is 4.43. The van der Waals surface area contributed by atoms with Gasteiger partial charge in [0, 0.05) is 6.54 Å². The minimum atomic E-state index is -0.876. The molecule has 0 saturated heterocycles. The van der Waals surface area contributed by atoms with Crippen LogP contribution in [-0.2, 0) is 4.79 Å². The van der Waals surface area contributed by atoms with Crippen molar-refractivity contribution in [2.24, 2.45) is 5.73 Å². The normalized spacial score (nSPS) is 11.1. The molecule has 1 aromatic heterocycles. The molecule has 0 spiro atoms. The Labute approximate surface area is 115 Å². The van der Waals surface area contributed by atoms with Crippen LogP contribution in [0.25, 0.3) is 0 Å². The quantitative estimate of drug-likeness (QED) is 0.743. The van der Waals surface area contributed by atoms with Gasteiger partial charge in [-0.2, -0.15) is 0 Å². The number of anilines is 2. The molecule has 4 N–H and O–H groups in total. The molecule has 0 aliphatic heterocycles. The third-order valence-electron chi connectivity index (χ3n) is 2.38. The molecule has 0 aromatic carbocycles. The average Bonchev–Trinajstić information content (AvgIpc) is 2.30. The molecule has 1 rings (SSSR count). The molecule has 0 radical (unpaired) electrons. The van der Waals surface area contributed by atoms with E-state index in [0.29, 0.717) is 16.1 Å². The molecular weight excluding hydrogens is 298 g/mol. The number of carbonyl (C=O) groups is 1. The van der Waals surface area contributed by atoms with Gasteiger partial charge in [0.05, 0.1) is 0 Å². The molecule has 0 fully saturated rings. The number of nitrogens with zero attached hydrogens (tertiary/aromatic N) is 2. The highest BCUT2D eigenvalue weighted by molar-refractivity contribution is 9.10. The van der Waals surface area contributed by atoms with Crippen LogP contribution in [0.15, 0.2) is 10.8 Å². The van der Waals surface area contributed by atoms with Crippen molar-refractivity contribution in [2.75, 3.05) is 17.2 Å². The Morgan fingerprint density at radius 3 is 2.61 bits per heavy atom. The van der Waals surface area contributed by atoms with Crippen molar-refractivity contribution < 1.29 is 4.79 Å². The lowest BCUT2D eigenvalue weighted by Crippen LogP contribution is -2.45. The average molecular weight is 316 g/mol. The van der Waals surface area contributed by atoms with Gasteiger partial charge in [0.2, 0.25) is 5.91 Å². The number of amides is 1. The van der Waals surface area contributed by atoms with E-state index in [0.717, 1.165) is 13.0 Å². The molecule has 0 saturated carbocycles. The van der Waals surface area contributed by atoms with Crippen molar-refractivity contribution in [1.29, 1.82) is 0 Å². The van der Waals surface area contributed by atoms with Gasteiger partial charge >= 0.3 is 0 Å². The van der Waals surface area contributed by atoms with Crippen LogP contribution >= 0.6 is 15.9 Å². The summed E-state index contributed by atoms with van der Waals surface area (Å²) in [6.07, 6.45) is 2.42. The molecule has 100 valence electrons. The van der Waals surface area contributed by atoms with Gasteiger partial charge in [-0.3, -0.25) is 4.79 Å². The van der Waals surface area contributed by atoms with Gasteiger partial charge in [0.1, 0.15) is 28.0 Å². The molecule has 6 nitrogen and oxygen atoms in total. The zero-order chi connectivity index (χ0) is 13.8. The van der Waals surface area contributed by atoms with Crippen LogP contribution in [0.1, 0.15) is 27.2 Å². The fourth-order valence-corrected chi connectivity index (χ4v) is 1.63. The van der Waals surface area contributed by atoms with E-state index in [1.165, 1.54) is 6.33 Å². The maximum atomic E-state index is 11.3. The predicted molar refractivity (Wildman–Crippen MR) is 75.4 cm³/mol. The Balaban J connectivity index is 2.93. The summed E-state index contributed by atoms with van der Waals surface area (Å²) in [6.45, 7) is 6.28. The van der Waals surface area contributed by atoms with Crippen LogP contribution in [-0.4, -0.2) is 28.0 Å². The fraction of sp³-hybridized carbons (Fsp3) is 0.545. The number of hydrogen-bond donors (Lipinski definition) is 3. The second kappa shape index (κ2) is 5.99.